The van der Waals surface area contributed by atoms with Gasteiger partial charge in [-0.15, -0.1) is 0 Å². The lowest BCUT2D eigenvalue weighted by molar-refractivity contribution is -0.145. The first-order chi connectivity index (χ1) is 10.7. The summed E-state index contributed by atoms with van der Waals surface area (Å²) >= 11 is 0. The van der Waals surface area contributed by atoms with E-state index in [2.05, 4.69) is 5.32 Å². The third-order valence-electron chi connectivity index (χ3n) is 3.60. The highest BCUT2D eigenvalue weighted by Crippen LogP contribution is 2.36. The van der Waals surface area contributed by atoms with Gasteiger partial charge < -0.3 is 10.1 Å². The monoisotopic (exact) mass is 351 g/mol. The van der Waals surface area contributed by atoms with Crippen molar-refractivity contribution in [3.05, 3.63) is 29.8 Å². The molecule has 0 aliphatic carbocycles. The third kappa shape index (κ3) is 3.66. The van der Waals surface area contributed by atoms with E-state index >= 15 is 0 Å². The van der Waals surface area contributed by atoms with Gasteiger partial charge in [-0.1, -0.05) is 12.1 Å². The number of esters is 1. The molecule has 1 aromatic rings. The Kier molecular flexibility index (Phi) is 5.00. The highest BCUT2D eigenvalue weighted by Gasteiger charge is 2.43. The van der Waals surface area contributed by atoms with Crippen molar-refractivity contribution < 1.29 is 31.1 Å². The standard InChI is InChI=1S/C14H16F3NO4S/c1-2-22-13(19)11-7-9(8-18-11)23(20,21)12-6-4-3-5-10(12)14(15,16)17/h3-6,9,11,18H,2,7-8H2,1H3/t9-,11-/m0/s1. The van der Waals surface area contributed by atoms with Crippen LogP contribution in [0, 0.1) is 0 Å². The van der Waals surface area contributed by atoms with Crippen LogP contribution in [-0.2, 0) is 25.5 Å². The molecule has 5 nitrogen and oxygen atoms in total. The molecule has 9 heteroatoms. The van der Waals surface area contributed by atoms with Crippen LogP contribution in [0.25, 0.3) is 0 Å². The molecule has 1 heterocycles. The average Bonchev–Trinajstić information content (AvgIpc) is 2.97. The number of alkyl halides is 3. The van der Waals surface area contributed by atoms with E-state index in [1.807, 2.05) is 0 Å². The van der Waals surface area contributed by atoms with Crippen molar-refractivity contribution in [1.29, 1.82) is 0 Å². The molecule has 0 bridgehead atoms. The predicted octanol–water partition coefficient (Wildman–Crippen LogP) is 1.77. The van der Waals surface area contributed by atoms with Crippen LogP contribution >= 0.6 is 0 Å². The highest BCUT2D eigenvalue weighted by atomic mass is 32.2. The highest BCUT2D eigenvalue weighted by molar-refractivity contribution is 7.92. The zero-order valence-electron chi connectivity index (χ0n) is 12.3. The molecule has 1 aromatic carbocycles. The number of carbonyl (C=O) groups is 1. The fourth-order valence-corrected chi connectivity index (χ4v) is 4.37. The Labute approximate surface area is 131 Å². The van der Waals surface area contributed by atoms with Gasteiger partial charge in [-0.2, -0.15) is 13.2 Å². The lowest BCUT2D eigenvalue weighted by Gasteiger charge is -2.16. The normalized spacial score (nSPS) is 22.1. The molecular formula is C14H16F3NO4S. The van der Waals surface area contributed by atoms with E-state index in [0.29, 0.717) is 0 Å². The van der Waals surface area contributed by atoms with Crippen LogP contribution in [-0.4, -0.2) is 38.8 Å². The maximum atomic E-state index is 13.0. The summed E-state index contributed by atoms with van der Waals surface area (Å²) in [4.78, 5) is 10.9. The van der Waals surface area contributed by atoms with Crippen LogP contribution < -0.4 is 5.32 Å². The van der Waals surface area contributed by atoms with E-state index in [0.717, 1.165) is 18.2 Å². The second-order valence-electron chi connectivity index (χ2n) is 5.11. The van der Waals surface area contributed by atoms with Gasteiger partial charge in [0.05, 0.1) is 22.3 Å². The SMILES string of the molecule is CCOC(=O)[C@@H]1C[C@H](S(=O)(=O)c2ccccc2C(F)(F)F)CN1. The van der Waals surface area contributed by atoms with Crippen molar-refractivity contribution in [3.63, 3.8) is 0 Å². The van der Waals surface area contributed by atoms with E-state index in [1.165, 1.54) is 6.07 Å². The van der Waals surface area contributed by atoms with E-state index in [9.17, 15) is 26.4 Å². The number of rotatable bonds is 4. The summed E-state index contributed by atoms with van der Waals surface area (Å²) in [5.74, 6) is -0.602. The summed E-state index contributed by atoms with van der Waals surface area (Å²) < 4.78 is 68.9. The van der Waals surface area contributed by atoms with Crippen molar-refractivity contribution in [3.8, 4) is 0 Å². The summed E-state index contributed by atoms with van der Waals surface area (Å²) in [5, 5.41) is 1.58. The summed E-state index contributed by atoms with van der Waals surface area (Å²) in [6.07, 6.45) is -4.89. The van der Waals surface area contributed by atoms with E-state index in [-0.39, 0.29) is 19.6 Å². The van der Waals surface area contributed by atoms with E-state index in [1.54, 1.807) is 6.92 Å². The van der Waals surface area contributed by atoms with Crippen molar-refractivity contribution in [2.24, 2.45) is 0 Å². The maximum Gasteiger partial charge on any atom is 0.417 e. The van der Waals surface area contributed by atoms with Crippen LogP contribution in [0.1, 0.15) is 18.9 Å². The maximum absolute atomic E-state index is 13.0. The zero-order chi connectivity index (χ0) is 17.3. The van der Waals surface area contributed by atoms with Gasteiger partial charge in [0, 0.05) is 6.54 Å². The van der Waals surface area contributed by atoms with Gasteiger partial charge in [0.15, 0.2) is 9.84 Å². The number of hydrogen-bond donors (Lipinski definition) is 1. The summed E-state index contributed by atoms with van der Waals surface area (Å²) in [7, 11) is -4.22. The van der Waals surface area contributed by atoms with Gasteiger partial charge in [0.25, 0.3) is 0 Å². The first kappa shape index (κ1) is 17.7. The quantitative estimate of drug-likeness (QED) is 0.837. The molecule has 0 spiro atoms. The number of sulfone groups is 1. The van der Waals surface area contributed by atoms with Gasteiger partial charge >= 0.3 is 12.1 Å². The molecule has 0 saturated carbocycles. The van der Waals surface area contributed by atoms with Crippen LogP contribution in [0.5, 0.6) is 0 Å². The van der Waals surface area contributed by atoms with Gasteiger partial charge in [0.2, 0.25) is 0 Å². The molecule has 2 atom stereocenters. The minimum absolute atomic E-state index is 0.0992. The minimum atomic E-state index is -4.77. The molecule has 1 fully saturated rings. The molecule has 128 valence electrons. The Morgan fingerprint density at radius 1 is 1.35 bits per heavy atom. The molecule has 1 aliphatic heterocycles. The van der Waals surface area contributed by atoms with E-state index < -0.39 is 43.7 Å². The zero-order valence-corrected chi connectivity index (χ0v) is 13.1. The van der Waals surface area contributed by atoms with Gasteiger partial charge in [-0.05, 0) is 25.5 Å². The molecule has 1 aliphatic rings. The Bertz CT molecular complexity index is 688. The first-order valence-electron chi connectivity index (χ1n) is 6.98. The second-order valence-corrected chi connectivity index (χ2v) is 7.31. The molecule has 0 aromatic heterocycles. The Morgan fingerprint density at radius 2 is 2.00 bits per heavy atom. The first-order valence-corrected chi connectivity index (χ1v) is 8.52. The molecule has 0 radical (unpaired) electrons. The predicted molar refractivity (Wildman–Crippen MR) is 75.5 cm³/mol. The number of halogens is 3. The summed E-state index contributed by atoms with van der Waals surface area (Å²) in [6.45, 7) is 1.66. The fraction of sp³-hybridized carbons (Fsp3) is 0.500. The minimum Gasteiger partial charge on any atom is -0.465 e. The number of hydrogen-bond acceptors (Lipinski definition) is 5. The number of benzene rings is 1. The van der Waals surface area contributed by atoms with Crippen LogP contribution in [0.15, 0.2) is 29.2 Å². The van der Waals surface area contributed by atoms with Crippen LogP contribution in [0.3, 0.4) is 0 Å². The van der Waals surface area contributed by atoms with Crippen LogP contribution in [0.2, 0.25) is 0 Å². The molecular weight excluding hydrogens is 335 g/mol. The lowest BCUT2D eigenvalue weighted by Crippen LogP contribution is -2.32. The molecule has 2 rings (SSSR count). The Hall–Kier alpha value is -1.61. The fourth-order valence-electron chi connectivity index (χ4n) is 2.49. The molecule has 0 unspecified atom stereocenters. The summed E-state index contributed by atoms with van der Waals surface area (Å²) in [6, 6.07) is 3.23. The molecule has 1 N–H and O–H groups in total. The van der Waals surface area contributed by atoms with Gasteiger partial charge in [0.1, 0.15) is 6.04 Å². The topological polar surface area (TPSA) is 72.5 Å². The largest absolute Gasteiger partial charge is 0.465 e. The van der Waals surface area contributed by atoms with Crippen LogP contribution in [0.4, 0.5) is 13.2 Å². The smallest absolute Gasteiger partial charge is 0.417 e. The van der Waals surface area contributed by atoms with Crippen molar-refractivity contribution in [1.82, 2.24) is 5.32 Å². The third-order valence-corrected chi connectivity index (χ3v) is 5.81. The van der Waals surface area contributed by atoms with Crippen molar-refractivity contribution >= 4 is 15.8 Å². The molecule has 23 heavy (non-hydrogen) atoms. The summed E-state index contributed by atoms with van der Waals surface area (Å²) in [5.41, 5.74) is -1.19. The van der Waals surface area contributed by atoms with Gasteiger partial charge in [-0.3, -0.25) is 4.79 Å². The number of ether oxygens (including phenoxy) is 1. The second kappa shape index (κ2) is 6.48. The van der Waals surface area contributed by atoms with Crippen molar-refractivity contribution in [2.45, 2.75) is 35.7 Å². The Balaban J connectivity index is 2.29. The molecule has 1 saturated heterocycles. The number of carbonyl (C=O) groups excluding carboxylic acids is 1. The van der Waals surface area contributed by atoms with E-state index in [4.69, 9.17) is 4.74 Å². The Morgan fingerprint density at radius 3 is 2.61 bits per heavy atom. The van der Waals surface area contributed by atoms with Crippen molar-refractivity contribution in [2.75, 3.05) is 13.2 Å². The number of nitrogens with one attached hydrogen (secondary N) is 1. The lowest BCUT2D eigenvalue weighted by atomic mass is 10.2. The van der Waals surface area contributed by atoms with Gasteiger partial charge in [-0.25, -0.2) is 8.42 Å². The molecule has 0 amide bonds. The average molecular weight is 351 g/mol.